The van der Waals surface area contributed by atoms with Crippen LogP contribution in [0.4, 0.5) is 11.4 Å². The number of anilines is 2. The van der Waals surface area contributed by atoms with Crippen molar-refractivity contribution in [1.29, 1.82) is 0 Å². The lowest BCUT2D eigenvalue weighted by atomic mass is 10.1. The van der Waals surface area contributed by atoms with Crippen molar-refractivity contribution in [1.82, 2.24) is 0 Å². The molecule has 0 aliphatic heterocycles. The molecule has 0 radical (unpaired) electrons. The van der Waals surface area contributed by atoms with Crippen LogP contribution in [-0.4, -0.2) is 5.91 Å². The monoisotopic (exact) mass is 262 g/mol. The normalized spacial score (nSPS) is 10.4. The first-order chi connectivity index (χ1) is 9.13. The van der Waals surface area contributed by atoms with Gasteiger partial charge < -0.3 is 11.1 Å². The second kappa shape index (κ2) is 8.57. The summed E-state index contributed by atoms with van der Waals surface area (Å²) in [6, 6.07) is 5.59. The minimum Gasteiger partial charge on any atom is -0.399 e. The van der Waals surface area contributed by atoms with E-state index in [0.29, 0.717) is 12.1 Å². The van der Waals surface area contributed by atoms with Gasteiger partial charge in [0.2, 0.25) is 5.91 Å². The van der Waals surface area contributed by atoms with Gasteiger partial charge >= 0.3 is 0 Å². The predicted octanol–water partition coefficient (Wildman–Crippen LogP) is 4.27. The number of rotatable bonds is 8. The fraction of sp³-hybridized carbons (Fsp3) is 0.562. The van der Waals surface area contributed by atoms with E-state index in [-0.39, 0.29) is 5.91 Å². The molecule has 3 N–H and O–H groups in total. The molecule has 0 atom stereocenters. The van der Waals surface area contributed by atoms with Gasteiger partial charge in [-0.3, -0.25) is 4.79 Å². The Morgan fingerprint density at radius 2 is 1.84 bits per heavy atom. The van der Waals surface area contributed by atoms with Gasteiger partial charge in [-0.15, -0.1) is 0 Å². The second-order valence-electron chi connectivity index (χ2n) is 5.14. The molecule has 0 aromatic heterocycles. The zero-order chi connectivity index (χ0) is 14.1. The fourth-order valence-corrected chi connectivity index (χ4v) is 2.05. The summed E-state index contributed by atoms with van der Waals surface area (Å²) in [6.07, 6.45) is 7.79. The smallest absolute Gasteiger partial charge is 0.224 e. The molecule has 3 heteroatoms. The van der Waals surface area contributed by atoms with E-state index in [1.807, 2.05) is 25.1 Å². The molecule has 0 aliphatic rings. The molecule has 1 aromatic carbocycles. The number of aryl methyl sites for hydroxylation is 1. The van der Waals surface area contributed by atoms with Gasteiger partial charge in [-0.1, -0.05) is 45.1 Å². The number of carbonyl (C=O) groups is 1. The number of benzene rings is 1. The lowest BCUT2D eigenvalue weighted by molar-refractivity contribution is -0.116. The van der Waals surface area contributed by atoms with Crippen molar-refractivity contribution in [2.75, 3.05) is 11.1 Å². The SMILES string of the molecule is CCCCCCCCC(=O)Nc1cc(N)ccc1C. The van der Waals surface area contributed by atoms with E-state index in [0.717, 1.165) is 24.1 Å². The van der Waals surface area contributed by atoms with E-state index in [2.05, 4.69) is 12.2 Å². The molecule has 1 amide bonds. The van der Waals surface area contributed by atoms with Crippen molar-refractivity contribution in [3.05, 3.63) is 23.8 Å². The molecular weight excluding hydrogens is 236 g/mol. The molecule has 0 heterocycles. The van der Waals surface area contributed by atoms with Crippen LogP contribution in [0.15, 0.2) is 18.2 Å². The number of nitrogen functional groups attached to an aromatic ring is 1. The third-order valence-electron chi connectivity index (χ3n) is 3.29. The van der Waals surface area contributed by atoms with Gasteiger partial charge in [0, 0.05) is 17.8 Å². The Bertz CT molecular complexity index is 402. The highest BCUT2D eigenvalue weighted by Gasteiger charge is 2.04. The van der Waals surface area contributed by atoms with Crippen LogP contribution < -0.4 is 11.1 Å². The summed E-state index contributed by atoms with van der Waals surface area (Å²) in [7, 11) is 0. The number of hydrogen-bond acceptors (Lipinski definition) is 2. The van der Waals surface area contributed by atoms with E-state index < -0.39 is 0 Å². The van der Waals surface area contributed by atoms with E-state index in [1.165, 1.54) is 25.7 Å². The predicted molar refractivity (Wildman–Crippen MR) is 82.2 cm³/mol. The van der Waals surface area contributed by atoms with Crippen LogP contribution in [0, 0.1) is 6.92 Å². The Balaban J connectivity index is 2.25. The zero-order valence-electron chi connectivity index (χ0n) is 12.2. The highest BCUT2D eigenvalue weighted by atomic mass is 16.1. The maximum Gasteiger partial charge on any atom is 0.224 e. The van der Waals surface area contributed by atoms with Gasteiger partial charge in [-0.2, -0.15) is 0 Å². The van der Waals surface area contributed by atoms with E-state index >= 15 is 0 Å². The molecule has 0 unspecified atom stereocenters. The Morgan fingerprint density at radius 1 is 1.16 bits per heavy atom. The number of nitrogens with two attached hydrogens (primary N) is 1. The van der Waals surface area contributed by atoms with Crippen LogP contribution in [0.2, 0.25) is 0 Å². The van der Waals surface area contributed by atoms with Crippen molar-refractivity contribution in [2.24, 2.45) is 0 Å². The molecule has 106 valence electrons. The molecule has 19 heavy (non-hydrogen) atoms. The second-order valence-corrected chi connectivity index (χ2v) is 5.14. The first-order valence-corrected chi connectivity index (χ1v) is 7.29. The number of unbranched alkanes of at least 4 members (excludes halogenated alkanes) is 5. The Kier molecular flexibility index (Phi) is 7.01. The summed E-state index contributed by atoms with van der Waals surface area (Å²) in [5.41, 5.74) is 8.28. The average molecular weight is 262 g/mol. The van der Waals surface area contributed by atoms with Crippen molar-refractivity contribution in [3.8, 4) is 0 Å². The Labute approximate surface area is 116 Å². The highest BCUT2D eigenvalue weighted by molar-refractivity contribution is 5.91. The van der Waals surface area contributed by atoms with Crippen molar-refractivity contribution in [3.63, 3.8) is 0 Å². The first kappa shape index (κ1) is 15.5. The molecule has 0 aliphatic carbocycles. The third kappa shape index (κ3) is 6.27. The molecule has 1 rings (SSSR count). The van der Waals surface area contributed by atoms with Crippen LogP contribution in [0.1, 0.15) is 57.4 Å². The van der Waals surface area contributed by atoms with Gasteiger partial charge in [0.25, 0.3) is 0 Å². The van der Waals surface area contributed by atoms with Crippen LogP contribution >= 0.6 is 0 Å². The molecule has 0 saturated heterocycles. The van der Waals surface area contributed by atoms with Crippen LogP contribution in [0.25, 0.3) is 0 Å². The molecule has 0 spiro atoms. The summed E-state index contributed by atoms with van der Waals surface area (Å²) >= 11 is 0. The number of carbonyl (C=O) groups excluding carboxylic acids is 1. The van der Waals surface area contributed by atoms with Gasteiger partial charge in [-0.05, 0) is 31.0 Å². The van der Waals surface area contributed by atoms with E-state index in [9.17, 15) is 4.79 Å². The zero-order valence-corrected chi connectivity index (χ0v) is 12.2. The van der Waals surface area contributed by atoms with Crippen molar-refractivity contribution < 1.29 is 4.79 Å². The minimum atomic E-state index is 0.0872. The number of nitrogens with one attached hydrogen (secondary N) is 1. The largest absolute Gasteiger partial charge is 0.399 e. The van der Waals surface area contributed by atoms with Gasteiger partial charge in [0.1, 0.15) is 0 Å². The summed E-state index contributed by atoms with van der Waals surface area (Å²) in [5.74, 6) is 0.0872. The molecule has 0 saturated carbocycles. The molecule has 0 bridgehead atoms. The molecule has 1 aromatic rings. The van der Waals surface area contributed by atoms with E-state index in [4.69, 9.17) is 5.73 Å². The summed E-state index contributed by atoms with van der Waals surface area (Å²) in [5, 5.41) is 2.93. The van der Waals surface area contributed by atoms with Crippen molar-refractivity contribution in [2.45, 2.75) is 58.8 Å². The lowest BCUT2D eigenvalue weighted by Gasteiger charge is -2.09. The highest BCUT2D eigenvalue weighted by Crippen LogP contribution is 2.18. The minimum absolute atomic E-state index is 0.0872. The van der Waals surface area contributed by atoms with Crippen molar-refractivity contribution >= 4 is 17.3 Å². The topological polar surface area (TPSA) is 55.1 Å². The molecule has 3 nitrogen and oxygen atoms in total. The quantitative estimate of drug-likeness (QED) is 0.543. The third-order valence-corrected chi connectivity index (χ3v) is 3.29. The Hall–Kier alpha value is -1.51. The number of hydrogen-bond donors (Lipinski definition) is 2. The molecular formula is C16H26N2O. The summed E-state index contributed by atoms with van der Waals surface area (Å²) in [4.78, 5) is 11.8. The Morgan fingerprint density at radius 3 is 2.58 bits per heavy atom. The first-order valence-electron chi connectivity index (χ1n) is 7.29. The fourth-order valence-electron chi connectivity index (χ4n) is 2.05. The molecule has 0 fully saturated rings. The standard InChI is InChI=1S/C16H26N2O/c1-3-4-5-6-7-8-9-16(19)18-15-12-14(17)11-10-13(15)2/h10-12H,3-9,17H2,1-2H3,(H,18,19). The average Bonchev–Trinajstić information content (AvgIpc) is 2.38. The number of amides is 1. The maximum atomic E-state index is 11.8. The summed E-state index contributed by atoms with van der Waals surface area (Å²) in [6.45, 7) is 4.18. The van der Waals surface area contributed by atoms with E-state index in [1.54, 1.807) is 0 Å². The van der Waals surface area contributed by atoms with Crippen LogP contribution in [-0.2, 0) is 4.79 Å². The van der Waals surface area contributed by atoms with Gasteiger partial charge in [0.05, 0.1) is 0 Å². The van der Waals surface area contributed by atoms with Gasteiger partial charge in [-0.25, -0.2) is 0 Å². The van der Waals surface area contributed by atoms with Crippen LogP contribution in [0.3, 0.4) is 0 Å². The summed E-state index contributed by atoms with van der Waals surface area (Å²) < 4.78 is 0. The van der Waals surface area contributed by atoms with Gasteiger partial charge in [0.15, 0.2) is 0 Å². The maximum absolute atomic E-state index is 11.8. The lowest BCUT2D eigenvalue weighted by Crippen LogP contribution is -2.12. The van der Waals surface area contributed by atoms with Crippen LogP contribution in [0.5, 0.6) is 0 Å².